The first-order chi connectivity index (χ1) is 8.74. The minimum atomic E-state index is 0.0297. The van der Waals surface area contributed by atoms with Gasteiger partial charge in [0, 0.05) is 29.6 Å². The van der Waals surface area contributed by atoms with Gasteiger partial charge in [-0.15, -0.1) is 0 Å². The highest BCUT2D eigenvalue weighted by atomic mass is 16.1. The van der Waals surface area contributed by atoms with Crippen LogP contribution >= 0.6 is 0 Å². The number of hydrogen-bond donors (Lipinski definition) is 1. The zero-order valence-electron chi connectivity index (χ0n) is 10.2. The Kier molecular flexibility index (Phi) is 2.84. The third kappa shape index (κ3) is 2.27. The van der Waals surface area contributed by atoms with E-state index >= 15 is 0 Å². The molecule has 0 radical (unpaired) electrons. The van der Waals surface area contributed by atoms with Crippen LogP contribution in [-0.2, 0) is 0 Å². The van der Waals surface area contributed by atoms with Crippen LogP contribution in [-0.4, -0.2) is 16.8 Å². The van der Waals surface area contributed by atoms with Crippen molar-refractivity contribution in [1.82, 2.24) is 4.98 Å². The summed E-state index contributed by atoms with van der Waals surface area (Å²) in [5.74, 6) is 0.705. The van der Waals surface area contributed by atoms with Gasteiger partial charge in [-0.1, -0.05) is 6.07 Å². The Labute approximate surface area is 106 Å². The summed E-state index contributed by atoms with van der Waals surface area (Å²) in [5.41, 5.74) is 7.66. The standard InChI is InChI=1S/C15H16N2O/c16-13(10-3-4-10)9-15(18)12-5-6-14-11(8-12)2-1-7-17-14/h1-2,5-8,10,13H,3-4,9,16H2. The first-order valence-electron chi connectivity index (χ1n) is 6.37. The highest BCUT2D eigenvalue weighted by molar-refractivity contribution is 5.99. The van der Waals surface area contributed by atoms with Crippen molar-refractivity contribution in [3.05, 3.63) is 42.1 Å². The number of ketones is 1. The second-order valence-electron chi connectivity index (χ2n) is 5.04. The number of benzene rings is 1. The molecule has 1 unspecified atom stereocenters. The van der Waals surface area contributed by atoms with Crippen LogP contribution in [0.25, 0.3) is 10.9 Å². The maximum atomic E-state index is 12.1. The quantitative estimate of drug-likeness (QED) is 0.835. The molecule has 3 rings (SSSR count). The summed E-state index contributed by atoms with van der Waals surface area (Å²) >= 11 is 0. The van der Waals surface area contributed by atoms with Gasteiger partial charge in [0.15, 0.2) is 5.78 Å². The number of aromatic nitrogens is 1. The molecule has 1 fully saturated rings. The number of rotatable bonds is 4. The molecule has 1 aliphatic rings. The molecule has 0 spiro atoms. The van der Waals surface area contributed by atoms with Gasteiger partial charge in [0.05, 0.1) is 5.52 Å². The van der Waals surface area contributed by atoms with Gasteiger partial charge in [-0.3, -0.25) is 9.78 Å². The molecular weight excluding hydrogens is 224 g/mol. The normalized spacial score (nSPS) is 16.7. The number of nitrogens with two attached hydrogens (primary N) is 1. The minimum absolute atomic E-state index is 0.0297. The molecule has 92 valence electrons. The van der Waals surface area contributed by atoms with E-state index in [4.69, 9.17) is 5.73 Å². The summed E-state index contributed by atoms with van der Waals surface area (Å²) in [7, 11) is 0. The lowest BCUT2D eigenvalue weighted by atomic mass is 10.00. The molecule has 0 saturated heterocycles. The number of carbonyl (C=O) groups excluding carboxylic acids is 1. The van der Waals surface area contributed by atoms with Gasteiger partial charge in [-0.05, 0) is 43.0 Å². The summed E-state index contributed by atoms with van der Waals surface area (Å²) in [6, 6.07) is 9.53. The summed E-state index contributed by atoms with van der Waals surface area (Å²) in [4.78, 5) is 16.4. The van der Waals surface area contributed by atoms with Gasteiger partial charge in [0.2, 0.25) is 0 Å². The maximum absolute atomic E-state index is 12.1. The van der Waals surface area contributed by atoms with Crippen LogP contribution in [0.4, 0.5) is 0 Å². The summed E-state index contributed by atoms with van der Waals surface area (Å²) in [5, 5.41) is 1.00. The van der Waals surface area contributed by atoms with E-state index in [-0.39, 0.29) is 11.8 Å². The largest absolute Gasteiger partial charge is 0.327 e. The maximum Gasteiger partial charge on any atom is 0.164 e. The van der Waals surface area contributed by atoms with Gasteiger partial charge >= 0.3 is 0 Å². The Balaban J connectivity index is 1.82. The van der Waals surface area contributed by atoms with Gasteiger partial charge in [-0.2, -0.15) is 0 Å². The molecule has 18 heavy (non-hydrogen) atoms. The predicted molar refractivity (Wildman–Crippen MR) is 71.4 cm³/mol. The van der Waals surface area contributed by atoms with E-state index in [1.807, 2.05) is 30.3 Å². The van der Waals surface area contributed by atoms with Crippen LogP contribution in [0.5, 0.6) is 0 Å². The van der Waals surface area contributed by atoms with E-state index in [9.17, 15) is 4.79 Å². The van der Waals surface area contributed by atoms with Crippen molar-refractivity contribution in [3.63, 3.8) is 0 Å². The molecule has 3 heteroatoms. The van der Waals surface area contributed by atoms with Crippen LogP contribution in [0, 0.1) is 5.92 Å². The van der Waals surface area contributed by atoms with Crippen molar-refractivity contribution in [3.8, 4) is 0 Å². The van der Waals surface area contributed by atoms with E-state index in [1.54, 1.807) is 6.20 Å². The molecule has 1 heterocycles. The molecule has 0 aliphatic heterocycles. The number of hydrogen-bond acceptors (Lipinski definition) is 3. The Morgan fingerprint density at radius 2 is 2.22 bits per heavy atom. The Bertz CT molecular complexity index is 590. The lowest BCUT2D eigenvalue weighted by Crippen LogP contribution is -2.25. The van der Waals surface area contributed by atoms with Gasteiger partial charge in [0.25, 0.3) is 0 Å². The zero-order valence-corrected chi connectivity index (χ0v) is 10.2. The molecule has 2 aromatic rings. The molecule has 1 aromatic heterocycles. The fourth-order valence-electron chi connectivity index (χ4n) is 2.27. The number of nitrogens with zero attached hydrogens (tertiary/aromatic N) is 1. The van der Waals surface area contributed by atoms with E-state index in [1.165, 1.54) is 12.8 Å². The van der Waals surface area contributed by atoms with Gasteiger partial charge in [-0.25, -0.2) is 0 Å². The molecule has 0 bridgehead atoms. The SMILES string of the molecule is NC(CC(=O)c1ccc2ncccc2c1)C1CC1. The van der Waals surface area contributed by atoms with Crippen molar-refractivity contribution in [2.24, 2.45) is 11.7 Å². The molecular formula is C15H16N2O. The molecule has 1 aromatic carbocycles. The highest BCUT2D eigenvalue weighted by Crippen LogP contribution is 2.33. The smallest absolute Gasteiger partial charge is 0.164 e. The predicted octanol–water partition coefficient (Wildman–Crippen LogP) is 2.54. The van der Waals surface area contributed by atoms with E-state index in [2.05, 4.69) is 4.98 Å². The summed E-state index contributed by atoms with van der Waals surface area (Å²) < 4.78 is 0. The Morgan fingerprint density at radius 1 is 1.39 bits per heavy atom. The average Bonchev–Trinajstić information content (AvgIpc) is 3.22. The van der Waals surface area contributed by atoms with E-state index in [0.29, 0.717) is 12.3 Å². The van der Waals surface area contributed by atoms with Crippen LogP contribution in [0.2, 0.25) is 0 Å². The van der Waals surface area contributed by atoms with Crippen molar-refractivity contribution in [2.75, 3.05) is 0 Å². The Hall–Kier alpha value is -1.74. The van der Waals surface area contributed by atoms with E-state index in [0.717, 1.165) is 16.5 Å². The third-order valence-corrected chi connectivity index (χ3v) is 3.57. The second kappa shape index (κ2) is 4.50. The topological polar surface area (TPSA) is 56.0 Å². The summed E-state index contributed by atoms with van der Waals surface area (Å²) in [6.45, 7) is 0. The number of pyridine rings is 1. The van der Waals surface area contributed by atoms with Crippen LogP contribution in [0.15, 0.2) is 36.5 Å². The fourth-order valence-corrected chi connectivity index (χ4v) is 2.27. The van der Waals surface area contributed by atoms with Crippen LogP contribution in [0.1, 0.15) is 29.6 Å². The van der Waals surface area contributed by atoms with Crippen molar-refractivity contribution < 1.29 is 4.79 Å². The number of fused-ring (bicyclic) bond motifs is 1. The number of Topliss-reactive ketones (excluding diaryl/α,β-unsaturated/α-hetero) is 1. The second-order valence-corrected chi connectivity index (χ2v) is 5.04. The molecule has 0 amide bonds. The molecule has 1 aliphatic carbocycles. The third-order valence-electron chi connectivity index (χ3n) is 3.57. The number of carbonyl (C=O) groups is 1. The van der Waals surface area contributed by atoms with Crippen LogP contribution < -0.4 is 5.73 Å². The Morgan fingerprint density at radius 3 is 3.00 bits per heavy atom. The van der Waals surface area contributed by atoms with E-state index < -0.39 is 0 Å². The van der Waals surface area contributed by atoms with Crippen LogP contribution in [0.3, 0.4) is 0 Å². The van der Waals surface area contributed by atoms with Crippen molar-refractivity contribution in [2.45, 2.75) is 25.3 Å². The fraction of sp³-hybridized carbons (Fsp3) is 0.333. The monoisotopic (exact) mass is 240 g/mol. The van der Waals surface area contributed by atoms with Crippen molar-refractivity contribution in [1.29, 1.82) is 0 Å². The lowest BCUT2D eigenvalue weighted by Gasteiger charge is -2.09. The molecule has 1 saturated carbocycles. The van der Waals surface area contributed by atoms with Crippen molar-refractivity contribution >= 4 is 16.7 Å². The molecule has 3 nitrogen and oxygen atoms in total. The first-order valence-corrected chi connectivity index (χ1v) is 6.37. The molecule has 1 atom stereocenters. The average molecular weight is 240 g/mol. The minimum Gasteiger partial charge on any atom is -0.327 e. The zero-order chi connectivity index (χ0) is 12.5. The molecule has 2 N–H and O–H groups in total. The highest BCUT2D eigenvalue weighted by Gasteiger charge is 2.29. The van der Waals surface area contributed by atoms with Gasteiger partial charge < -0.3 is 5.73 Å². The summed E-state index contributed by atoms with van der Waals surface area (Å²) in [6.07, 6.45) is 4.56. The van der Waals surface area contributed by atoms with Gasteiger partial charge in [0.1, 0.15) is 0 Å². The lowest BCUT2D eigenvalue weighted by molar-refractivity contribution is 0.0971. The first kappa shape index (κ1) is 11.4.